The minimum Gasteiger partial charge on any atom is -0.368 e. The molecule has 0 aromatic carbocycles. The van der Waals surface area contributed by atoms with E-state index in [0.717, 1.165) is 11.5 Å². The van der Waals surface area contributed by atoms with Gasteiger partial charge in [0.25, 0.3) is 0 Å². The number of thioether (sulfide) groups is 1. The quantitative estimate of drug-likeness (QED) is 0.801. The molecule has 0 spiro atoms. The highest BCUT2D eigenvalue weighted by molar-refractivity contribution is 7.99. The van der Waals surface area contributed by atoms with Gasteiger partial charge in [0.15, 0.2) is 0 Å². The van der Waals surface area contributed by atoms with Crippen molar-refractivity contribution in [3.8, 4) is 0 Å². The molecule has 0 amide bonds. The van der Waals surface area contributed by atoms with Crippen LogP contribution in [-0.4, -0.2) is 34.0 Å². The maximum Gasteiger partial charge on any atom is 0.237 e. The van der Waals surface area contributed by atoms with Gasteiger partial charge in [0.05, 0.1) is 12.5 Å². The van der Waals surface area contributed by atoms with Gasteiger partial charge in [-0.1, -0.05) is 5.16 Å². The third kappa shape index (κ3) is 2.44. The highest BCUT2D eigenvalue weighted by Crippen LogP contribution is 2.25. The maximum atomic E-state index is 11.2. The lowest BCUT2D eigenvalue weighted by atomic mass is 10.1. The van der Waals surface area contributed by atoms with E-state index in [4.69, 9.17) is 9.26 Å². The molecule has 1 aliphatic heterocycles. The number of ketones is 1. The van der Waals surface area contributed by atoms with Crippen LogP contribution in [0.15, 0.2) is 4.52 Å². The topological polar surface area (TPSA) is 65.2 Å². The van der Waals surface area contributed by atoms with Gasteiger partial charge in [0.2, 0.25) is 11.7 Å². The molecule has 16 heavy (non-hydrogen) atoms. The standard InChI is InChI=1S/C10H14N2O3S/c1-6(7(2)13)10-11-9(12-15-10)8-5-16-4-3-14-8/h6,8H,3-5H2,1-2H3. The molecule has 88 valence electrons. The van der Waals surface area contributed by atoms with Crippen LogP contribution >= 0.6 is 11.8 Å². The first kappa shape index (κ1) is 11.6. The summed E-state index contributed by atoms with van der Waals surface area (Å²) >= 11 is 1.81. The van der Waals surface area contributed by atoms with Crippen LogP contribution in [0, 0.1) is 0 Å². The van der Waals surface area contributed by atoms with Crippen LogP contribution in [0.1, 0.15) is 37.6 Å². The molecular weight excluding hydrogens is 228 g/mol. The zero-order valence-corrected chi connectivity index (χ0v) is 10.1. The summed E-state index contributed by atoms with van der Waals surface area (Å²) in [6.45, 7) is 3.99. The lowest BCUT2D eigenvalue weighted by Crippen LogP contribution is -2.17. The molecule has 1 saturated heterocycles. The van der Waals surface area contributed by atoms with E-state index in [1.54, 1.807) is 6.92 Å². The van der Waals surface area contributed by atoms with Crippen LogP contribution in [0.4, 0.5) is 0 Å². The normalized spacial score (nSPS) is 23.0. The second kappa shape index (κ2) is 4.97. The summed E-state index contributed by atoms with van der Waals surface area (Å²) in [4.78, 5) is 15.4. The zero-order valence-electron chi connectivity index (χ0n) is 9.30. The van der Waals surface area contributed by atoms with E-state index in [9.17, 15) is 4.79 Å². The number of rotatable bonds is 3. The van der Waals surface area contributed by atoms with Crippen molar-refractivity contribution in [1.82, 2.24) is 10.1 Å². The van der Waals surface area contributed by atoms with Crippen molar-refractivity contribution in [2.75, 3.05) is 18.1 Å². The minimum absolute atomic E-state index is 0.0223. The van der Waals surface area contributed by atoms with Crippen molar-refractivity contribution in [3.05, 3.63) is 11.7 Å². The van der Waals surface area contributed by atoms with Crippen molar-refractivity contribution in [2.45, 2.75) is 25.9 Å². The van der Waals surface area contributed by atoms with Crippen LogP contribution in [-0.2, 0) is 9.53 Å². The first-order valence-electron chi connectivity index (χ1n) is 5.21. The minimum atomic E-state index is -0.336. The Kier molecular flexibility index (Phi) is 3.60. The van der Waals surface area contributed by atoms with E-state index in [1.165, 1.54) is 6.92 Å². The molecule has 6 heteroatoms. The molecule has 0 saturated carbocycles. The maximum absolute atomic E-state index is 11.2. The summed E-state index contributed by atoms with van der Waals surface area (Å²) in [5.74, 6) is 2.46. The summed E-state index contributed by atoms with van der Waals surface area (Å²) in [5, 5.41) is 3.87. The predicted octanol–water partition coefficient (Wildman–Crippen LogP) is 1.57. The van der Waals surface area contributed by atoms with E-state index >= 15 is 0 Å². The SMILES string of the molecule is CC(=O)C(C)c1nc(C2CSCCO2)no1. The molecule has 1 fully saturated rings. The smallest absolute Gasteiger partial charge is 0.237 e. The molecule has 2 rings (SSSR count). The van der Waals surface area contributed by atoms with Gasteiger partial charge in [-0.2, -0.15) is 16.7 Å². The van der Waals surface area contributed by atoms with Gasteiger partial charge in [0.1, 0.15) is 11.9 Å². The zero-order chi connectivity index (χ0) is 11.5. The Morgan fingerprint density at radius 1 is 1.62 bits per heavy atom. The molecule has 0 radical (unpaired) electrons. The van der Waals surface area contributed by atoms with Gasteiger partial charge in [-0.15, -0.1) is 0 Å². The number of Topliss-reactive ketones (excluding diaryl/α,β-unsaturated/α-hetero) is 1. The van der Waals surface area contributed by atoms with Crippen LogP contribution in [0.2, 0.25) is 0 Å². The Hall–Kier alpha value is -0.880. The summed E-state index contributed by atoms with van der Waals surface area (Å²) in [5.41, 5.74) is 0. The highest BCUT2D eigenvalue weighted by atomic mass is 32.2. The largest absolute Gasteiger partial charge is 0.368 e. The molecule has 1 aromatic heterocycles. The summed E-state index contributed by atoms with van der Waals surface area (Å²) in [6.07, 6.45) is -0.101. The number of aromatic nitrogens is 2. The van der Waals surface area contributed by atoms with Crippen LogP contribution in [0.3, 0.4) is 0 Å². The second-order valence-corrected chi connectivity index (χ2v) is 4.91. The summed E-state index contributed by atoms with van der Waals surface area (Å²) in [6, 6.07) is 0. The second-order valence-electron chi connectivity index (χ2n) is 3.76. The Morgan fingerprint density at radius 2 is 2.44 bits per heavy atom. The lowest BCUT2D eigenvalue weighted by Gasteiger charge is -2.18. The van der Waals surface area contributed by atoms with Crippen molar-refractivity contribution in [3.63, 3.8) is 0 Å². The number of carbonyl (C=O) groups excluding carboxylic acids is 1. The molecule has 2 atom stereocenters. The Labute approximate surface area is 97.9 Å². The molecular formula is C10H14N2O3S. The highest BCUT2D eigenvalue weighted by Gasteiger charge is 2.24. The van der Waals surface area contributed by atoms with E-state index in [1.807, 2.05) is 11.8 Å². The first-order valence-corrected chi connectivity index (χ1v) is 6.37. The van der Waals surface area contributed by atoms with Crippen molar-refractivity contribution >= 4 is 17.5 Å². The fourth-order valence-electron chi connectivity index (χ4n) is 1.36. The molecule has 2 heterocycles. The number of hydrogen-bond donors (Lipinski definition) is 0. The number of hydrogen-bond acceptors (Lipinski definition) is 6. The van der Waals surface area contributed by atoms with E-state index in [2.05, 4.69) is 10.1 Å². The number of carbonyl (C=O) groups is 1. The van der Waals surface area contributed by atoms with Gasteiger partial charge in [-0.25, -0.2) is 0 Å². The first-order chi connectivity index (χ1) is 7.68. The van der Waals surface area contributed by atoms with E-state index in [0.29, 0.717) is 18.3 Å². The van der Waals surface area contributed by atoms with Gasteiger partial charge >= 0.3 is 0 Å². The van der Waals surface area contributed by atoms with Crippen LogP contribution in [0.5, 0.6) is 0 Å². The van der Waals surface area contributed by atoms with Gasteiger partial charge < -0.3 is 9.26 Å². The molecule has 1 aliphatic rings. The van der Waals surface area contributed by atoms with Crippen LogP contribution in [0.25, 0.3) is 0 Å². The fraction of sp³-hybridized carbons (Fsp3) is 0.700. The predicted molar refractivity (Wildman–Crippen MR) is 59.4 cm³/mol. The Balaban J connectivity index is 2.09. The molecule has 0 aliphatic carbocycles. The third-order valence-electron chi connectivity index (χ3n) is 2.54. The summed E-state index contributed by atoms with van der Waals surface area (Å²) < 4.78 is 10.6. The molecule has 5 nitrogen and oxygen atoms in total. The number of nitrogens with zero attached hydrogens (tertiary/aromatic N) is 2. The average Bonchev–Trinajstić information content (AvgIpc) is 2.78. The van der Waals surface area contributed by atoms with Gasteiger partial charge in [0, 0.05) is 11.5 Å². The Bertz CT molecular complexity index is 374. The molecule has 1 aromatic rings. The van der Waals surface area contributed by atoms with Crippen molar-refractivity contribution in [2.24, 2.45) is 0 Å². The lowest BCUT2D eigenvalue weighted by molar-refractivity contribution is -0.118. The Morgan fingerprint density at radius 3 is 3.06 bits per heavy atom. The molecule has 2 unspecified atom stereocenters. The van der Waals surface area contributed by atoms with Crippen LogP contribution < -0.4 is 0 Å². The van der Waals surface area contributed by atoms with E-state index < -0.39 is 0 Å². The van der Waals surface area contributed by atoms with Crippen molar-refractivity contribution in [1.29, 1.82) is 0 Å². The van der Waals surface area contributed by atoms with Gasteiger partial charge in [-0.05, 0) is 13.8 Å². The number of ether oxygens (including phenoxy) is 1. The van der Waals surface area contributed by atoms with Crippen molar-refractivity contribution < 1.29 is 14.1 Å². The van der Waals surface area contributed by atoms with Gasteiger partial charge in [-0.3, -0.25) is 4.79 Å². The fourth-order valence-corrected chi connectivity index (χ4v) is 2.20. The average molecular weight is 242 g/mol. The molecule has 0 N–H and O–H groups in total. The summed E-state index contributed by atoms with van der Waals surface area (Å²) in [7, 11) is 0. The monoisotopic (exact) mass is 242 g/mol. The third-order valence-corrected chi connectivity index (χ3v) is 3.54. The molecule has 0 bridgehead atoms. The van der Waals surface area contributed by atoms with E-state index in [-0.39, 0.29) is 17.8 Å².